The Balaban J connectivity index is 1.56. The van der Waals surface area contributed by atoms with Crippen LogP contribution in [-0.4, -0.2) is 32.6 Å². The Kier molecular flexibility index (Phi) is 5.53. The van der Waals surface area contributed by atoms with Crippen molar-refractivity contribution >= 4 is 28.7 Å². The number of hydrogen-bond donors (Lipinski definition) is 2. The molecule has 4 aromatic rings. The summed E-state index contributed by atoms with van der Waals surface area (Å²) in [5.41, 5.74) is 2.72. The summed E-state index contributed by atoms with van der Waals surface area (Å²) in [5.74, 6) is 1.01. The molecular formula is C23H22ClFN6. The molecule has 2 N–H and O–H groups in total. The maximum Gasteiger partial charge on any atom is 0.225 e. The van der Waals surface area contributed by atoms with Crippen molar-refractivity contribution in [2.24, 2.45) is 5.92 Å². The summed E-state index contributed by atoms with van der Waals surface area (Å²) in [4.78, 5) is 13.8. The predicted molar refractivity (Wildman–Crippen MR) is 120 cm³/mol. The van der Waals surface area contributed by atoms with Crippen molar-refractivity contribution in [3.05, 3.63) is 71.1 Å². The van der Waals surface area contributed by atoms with Gasteiger partial charge in [-0.2, -0.15) is 4.98 Å². The standard InChI is InChI=1S/C23H22ClFN6/c24-17-7-4-8-18(25)20(17)22-29-19-13-28-23(27-12-15-5-2-1-3-6-15)30-21(19)31(22)14-16-9-10-26-11-16/h1-8,13,16,26H,9-12,14H2,(H,27,28,30)/t16-/m0/s1. The van der Waals surface area contributed by atoms with E-state index in [1.54, 1.807) is 18.3 Å². The average molecular weight is 437 g/mol. The van der Waals surface area contributed by atoms with Crippen LogP contribution in [0.15, 0.2) is 54.7 Å². The van der Waals surface area contributed by atoms with E-state index in [0.29, 0.717) is 52.5 Å². The van der Waals surface area contributed by atoms with Gasteiger partial charge in [0.15, 0.2) is 5.65 Å². The monoisotopic (exact) mass is 436 g/mol. The molecular weight excluding hydrogens is 415 g/mol. The van der Waals surface area contributed by atoms with Crippen LogP contribution in [-0.2, 0) is 13.1 Å². The van der Waals surface area contributed by atoms with Crippen molar-refractivity contribution in [3.63, 3.8) is 0 Å². The van der Waals surface area contributed by atoms with E-state index in [4.69, 9.17) is 16.6 Å². The largest absolute Gasteiger partial charge is 0.350 e. The van der Waals surface area contributed by atoms with E-state index in [0.717, 1.165) is 25.1 Å². The van der Waals surface area contributed by atoms with E-state index in [1.807, 2.05) is 34.9 Å². The molecule has 5 rings (SSSR count). The number of benzene rings is 2. The summed E-state index contributed by atoms with van der Waals surface area (Å²) >= 11 is 6.38. The van der Waals surface area contributed by atoms with Gasteiger partial charge in [0.05, 0.1) is 16.8 Å². The first-order chi connectivity index (χ1) is 15.2. The minimum atomic E-state index is -0.399. The van der Waals surface area contributed by atoms with E-state index >= 15 is 0 Å². The molecule has 1 atom stereocenters. The second-order valence-electron chi connectivity index (χ2n) is 7.74. The molecule has 1 saturated heterocycles. The lowest BCUT2D eigenvalue weighted by Gasteiger charge is -2.14. The Morgan fingerprint density at radius 3 is 2.77 bits per heavy atom. The van der Waals surface area contributed by atoms with Gasteiger partial charge in [0.25, 0.3) is 0 Å². The number of fused-ring (bicyclic) bond motifs is 1. The smallest absolute Gasteiger partial charge is 0.225 e. The van der Waals surface area contributed by atoms with E-state index in [9.17, 15) is 4.39 Å². The highest BCUT2D eigenvalue weighted by Gasteiger charge is 2.23. The van der Waals surface area contributed by atoms with Gasteiger partial charge in [-0.3, -0.25) is 0 Å². The third-order valence-corrected chi connectivity index (χ3v) is 5.89. The van der Waals surface area contributed by atoms with Crippen LogP contribution >= 0.6 is 11.6 Å². The maximum atomic E-state index is 14.7. The topological polar surface area (TPSA) is 67.7 Å². The van der Waals surface area contributed by atoms with Crippen LogP contribution in [0.25, 0.3) is 22.6 Å². The van der Waals surface area contributed by atoms with Crippen LogP contribution in [0.2, 0.25) is 5.02 Å². The second kappa shape index (κ2) is 8.61. The number of aromatic nitrogens is 4. The van der Waals surface area contributed by atoms with Crippen LogP contribution in [0.3, 0.4) is 0 Å². The van der Waals surface area contributed by atoms with E-state index in [1.165, 1.54) is 6.07 Å². The Morgan fingerprint density at radius 2 is 2.00 bits per heavy atom. The minimum absolute atomic E-state index is 0.298. The molecule has 3 heterocycles. The normalized spacial score (nSPS) is 16.1. The molecule has 1 aliphatic rings. The molecule has 6 nitrogen and oxygen atoms in total. The molecule has 0 bridgehead atoms. The molecule has 0 unspecified atom stereocenters. The molecule has 0 saturated carbocycles. The zero-order chi connectivity index (χ0) is 21.2. The number of hydrogen-bond acceptors (Lipinski definition) is 5. The van der Waals surface area contributed by atoms with Gasteiger partial charge < -0.3 is 15.2 Å². The van der Waals surface area contributed by atoms with E-state index < -0.39 is 5.82 Å². The number of nitrogens with one attached hydrogen (secondary N) is 2. The summed E-state index contributed by atoms with van der Waals surface area (Å²) in [6, 6.07) is 14.7. The molecule has 0 aliphatic carbocycles. The van der Waals surface area contributed by atoms with Gasteiger partial charge in [-0.15, -0.1) is 0 Å². The lowest BCUT2D eigenvalue weighted by atomic mass is 10.1. The summed E-state index contributed by atoms with van der Waals surface area (Å²) in [7, 11) is 0. The Bertz CT molecular complexity index is 1180. The molecule has 0 amide bonds. The zero-order valence-corrected chi connectivity index (χ0v) is 17.6. The Morgan fingerprint density at radius 1 is 1.13 bits per heavy atom. The van der Waals surface area contributed by atoms with E-state index in [-0.39, 0.29) is 0 Å². The molecule has 2 aromatic carbocycles. The number of anilines is 1. The van der Waals surface area contributed by atoms with Crippen molar-refractivity contribution < 1.29 is 4.39 Å². The fraction of sp³-hybridized carbons (Fsp3) is 0.261. The molecule has 1 fully saturated rings. The van der Waals surface area contributed by atoms with Crippen LogP contribution in [0.5, 0.6) is 0 Å². The predicted octanol–water partition coefficient (Wildman–Crippen LogP) is 4.51. The first-order valence-corrected chi connectivity index (χ1v) is 10.7. The summed E-state index contributed by atoms with van der Waals surface area (Å²) in [6.07, 6.45) is 2.73. The lowest BCUT2D eigenvalue weighted by Crippen LogP contribution is -2.16. The Labute approximate surface area is 184 Å². The Hall–Kier alpha value is -3.03. The van der Waals surface area contributed by atoms with Crippen molar-refractivity contribution in [2.45, 2.75) is 19.5 Å². The quantitative estimate of drug-likeness (QED) is 0.465. The summed E-state index contributed by atoms with van der Waals surface area (Å²) < 4.78 is 16.7. The van der Waals surface area contributed by atoms with Crippen LogP contribution in [0.1, 0.15) is 12.0 Å². The number of imidazole rings is 1. The van der Waals surface area contributed by atoms with Crippen molar-refractivity contribution in [2.75, 3.05) is 18.4 Å². The van der Waals surface area contributed by atoms with E-state index in [2.05, 4.69) is 20.6 Å². The van der Waals surface area contributed by atoms with Crippen LogP contribution in [0.4, 0.5) is 10.3 Å². The molecule has 0 radical (unpaired) electrons. The fourth-order valence-electron chi connectivity index (χ4n) is 3.98. The average Bonchev–Trinajstić information content (AvgIpc) is 3.42. The SMILES string of the molecule is Fc1cccc(Cl)c1-c1nc2cnc(NCc3ccccc3)nc2n1C[C@H]1CCNC1. The molecule has 0 spiro atoms. The van der Waals surface area contributed by atoms with Gasteiger partial charge in [-0.25, -0.2) is 14.4 Å². The third kappa shape index (κ3) is 4.11. The van der Waals surface area contributed by atoms with Gasteiger partial charge in [-0.1, -0.05) is 48.0 Å². The molecule has 2 aromatic heterocycles. The van der Waals surface area contributed by atoms with Gasteiger partial charge in [0.2, 0.25) is 5.95 Å². The first-order valence-electron chi connectivity index (χ1n) is 10.3. The number of nitrogens with zero attached hydrogens (tertiary/aromatic N) is 4. The molecule has 8 heteroatoms. The second-order valence-corrected chi connectivity index (χ2v) is 8.15. The van der Waals surface area contributed by atoms with Crippen LogP contribution < -0.4 is 10.6 Å². The lowest BCUT2D eigenvalue weighted by molar-refractivity contribution is 0.489. The highest BCUT2D eigenvalue weighted by Crippen LogP contribution is 2.33. The van der Waals surface area contributed by atoms with Crippen molar-refractivity contribution in [1.29, 1.82) is 0 Å². The highest BCUT2D eigenvalue weighted by molar-refractivity contribution is 6.33. The van der Waals surface area contributed by atoms with Crippen molar-refractivity contribution in [3.8, 4) is 11.4 Å². The summed E-state index contributed by atoms with van der Waals surface area (Å²) in [6.45, 7) is 3.18. The number of halogens is 2. The first kappa shape index (κ1) is 19.9. The number of rotatable bonds is 6. The fourth-order valence-corrected chi connectivity index (χ4v) is 4.23. The van der Waals surface area contributed by atoms with Crippen molar-refractivity contribution in [1.82, 2.24) is 24.8 Å². The minimum Gasteiger partial charge on any atom is -0.350 e. The molecule has 158 valence electrons. The highest BCUT2D eigenvalue weighted by atomic mass is 35.5. The third-order valence-electron chi connectivity index (χ3n) is 5.57. The van der Waals surface area contributed by atoms with Gasteiger partial charge in [-0.05, 0) is 43.1 Å². The van der Waals surface area contributed by atoms with Gasteiger partial charge in [0, 0.05) is 13.1 Å². The zero-order valence-electron chi connectivity index (χ0n) is 16.9. The van der Waals surface area contributed by atoms with Crippen LogP contribution in [0, 0.1) is 11.7 Å². The maximum absolute atomic E-state index is 14.7. The molecule has 31 heavy (non-hydrogen) atoms. The van der Waals surface area contributed by atoms with Gasteiger partial charge in [0.1, 0.15) is 17.2 Å². The molecule has 1 aliphatic heterocycles. The summed E-state index contributed by atoms with van der Waals surface area (Å²) in [5, 5.41) is 6.99. The van der Waals surface area contributed by atoms with Gasteiger partial charge >= 0.3 is 0 Å².